The normalized spacial score (nSPS) is 21.0. The Labute approximate surface area is 159 Å². The topological polar surface area (TPSA) is 42.2 Å². The van der Waals surface area contributed by atoms with Crippen LogP contribution in [-0.4, -0.2) is 5.78 Å². The van der Waals surface area contributed by atoms with Crippen LogP contribution in [0.4, 0.5) is 5.69 Å². The zero-order valence-electron chi connectivity index (χ0n) is 15.9. The van der Waals surface area contributed by atoms with Crippen LogP contribution in [0.5, 0.6) is 0 Å². The average Bonchev–Trinajstić information content (AvgIpc) is 3.05. The van der Waals surface area contributed by atoms with E-state index in [2.05, 4.69) is 43.4 Å². The van der Waals surface area contributed by atoms with Gasteiger partial charge in [0.1, 0.15) is 17.6 Å². The van der Waals surface area contributed by atoms with Gasteiger partial charge in [-0.15, -0.1) is 0 Å². The molecule has 2 aliphatic rings. The van der Waals surface area contributed by atoms with E-state index in [1.807, 2.05) is 31.2 Å². The van der Waals surface area contributed by atoms with Gasteiger partial charge in [0.25, 0.3) is 0 Å². The number of anilines is 1. The summed E-state index contributed by atoms with van der Waals surface area (Å²) in [5, 5.41) is 5.97. The lowest BCUT2D eigenvalue weighted by atomic mass is 9.68. The lowest BCUT2D eigenvalue weighted by molar-refractivity contribution is -0.116. The molecule has 3 heteroatoms. The van der Waals surface area contributed by atoms with Gasteiger partial charge in [0, 0.05) is 23.2 Å². The number of benzene rings is 2. The first-order valence-electron chi connectivity index (χ1n) is 9.54. The van der Waals surface area contributed by atoms with Crippen LogP contribution in [0.25, 0.3) is 16.3 Å². The van der Waals surface area contributed by atoms with Crippen molar-refractivity contribution in [2.45, 2.75) is 39.7 Å². The third kappa shape index (κ3) is 2.53. The minimum absolute atomic E-state index is 0.0421. The highest BCUT2D eigenvalue weighted by atomic mass is 16.3. The number of ketones is 1. The quantitative estimate of drug-likeness (QED) is 0.576. The van der Waals surface area contributed by atoms with Crippen LogP contribution in [0.3, 0.4) is 0 Å². The molecule has 2 aromatic carbocycles. The van der Waals surface area contributed by atoms with Crippen LogP contribution >= 0.6 is 0 Å². The smallest absolute Gasteiger partial charge is 0.164 e. The summed E-state index contributed by atoms with van der Waals surface area (Å²) in [6, 6.07) is 16.4. The summed E-state index contributed by atoms with van der Waals surface area (Å²) in [4.78, 5) is 13.3. The van der Waals surface area contributed by atoms with Crippen molar-refractivity contribution in [2.24, 2.45) is 5.41 Å². The number of carbonyl (C=O) groups is 1. The number of nitrogens with one attached hydrogen (secondary N) is 1. The summed E-state index contributed by atoms with van der Waals surface area (Å²) < 4.78 is 5.97. The second-order valence-corrected chi connectivity index (χ2v) is 8.58. The van der Waals surface area contributed by atoms with E-state index in [4.69, 9.17) is 4.42 Å². The van der Waals surface area contributed by atoms with Crippen molar-refractivity contribution in [1.29, 1.82) is 0 Å². The predicted molar refractivity (Wildman–Crippen MR) is 109 cm³/mol. The predicted octanol–water partition coefficient (Wildman–Crippen LogP) is 6.05. The standard InChI is InChI=1S/C24H23NO2/c1-14-8-11-20(27-14)23-17-12-24(2,3)13-19(26)22(17)21-16-7-5-4-6-15(16)9-10-18(21)25-23/h4-11,23,25H,12-13H2,1-3H3/t23-/m0/s1. The molecule has 0 radical (unpaired) electrons. The molecule has 0 amide bonds. The molecular formula is C24H23NO2. The fraction of sp³-hybridized carbons (Fsp3) is 0.292. The molecule has 2 heterocycles. The van der Waals surface area contributed by atoms with Crippen molar-refractivity contribution >= 4 is 27.8 Å². The van der Waals surface area contributed by atoms with Gasteiger partial charge in [-0.05, 0) is 53.3 Å². The highest BCUT2D eigenvalue weighted by Gasteiger charge is 2.41. The molecule has 0 unspecified atom stereocenters. The summed E-state index contributed by atoms with van der Waals surface area (Å²) in [5.41, 5.74) is 4.09. The van der Waals surface area contributed by atoms with Crippen molar-refractivity contribution in [3.63, 3.8) is 0 Å². The molecule has 0 spiro atoms. The van der Waals surface area contributed by atoms with Gasteiger partial charge in [-0.3, -0.25) is 4.79 Å². The Balaban J connectivity index is 1.81. The van der Waals surface area contributed by atoms with Crippen molar-refractivity contribution < 1.29 is 9.21 Å². The number of rotatable bonds is 1. The molecule has 0 saturated carbocycles. The van der Waals surface area contributed by atoms with Crippen LogP contribution < -0.4 is 5.32 Å². The number of furan rings is 1. The Morgan fingerprint density at radius 1 is 1.04 bits per heavy atom. The number of hydrogen-bond acceptors (Lipinski definition) is 3. The third-order valence-electron chi connectivity index (χ3n) is 5.78. The summed E-state index contributed by atoms with van der Waals surface area (Å²) in [7, 11) is 0. The minimum Gasteiger partial charge on any atom is -0.464 e. The van der Waals surface area contributed by atoms with Crippen LogP contribution in [0, 0.1) is 12.3 Å². The SMILES string of the molecule is Cc1ccc([C@H]2Nc3ccc4ccccc4c3C3=C2CC(C)(C)CC3=O)o1. The molecule has 0 saturated heterocycles. The molecule has 1 N–H and O–H groups in total. The van der Waals surface area contributed by atoms with Crippen molar-refractivity contribution in [3.8, 4) is 0 Å². The van der Waals surface area contributed by atoms with E-state index in [9.17, 15) is 4.79 Å². The fourth-order valence-corrected chi connectivity index (χ4v) is 4.67. The molecule has 3 aromatic rings. The zero-order valence-corrected chi connectivity index (χ0v) is 15.9. The lowest BCUT2D eigenvalue weighted by Crippen LogP contribution is -2.32. The van der Waals surface area contributed by atoms with E-state index in [-0.39, 0.29) is 17.2 Å². The van der Waals surface area contributed by atoms with Crippen LogP contribution in [0.2, 0.25) is 0 Å². The maximum atomic E-state index is 13.3. The molecule has 136 valence electrons. The number of allylic oxidation sites excluding steroid dienone is 1. The monoisotopic (exact) mass is 357 g/mol. The van der Waals surface area contributed by atoms with Gasteiger partial charge in [-0.2, -0.15) is 0 Å². The molecule has 1 atom stereocenters. The largest absolute Gasteiger partial charge is 0.464 e. The van der Waals surface area contributed by atoms with Gasteiger partial charge in [0.05, 0.1) is 0 Å². The maximum absolute atomic E-state index is 13.3. The summed E-state index contributed by atoms with van der Waals surface area (Å²) in [5.74, 6) is 2.01. The van der Waals surface area contributed by atoms with E-state index in [0.29, 0.717) is 6.42 Å². The number of aryl methyl sites for hydroxylation is 1. The lowest BCUT2D eigenvalue weighted by Gasteiger charge is -2.39. The molecule has 27 heavy (non-hydrogen) atoms. The van der Waals surface area contributed by atoms with E-state index >= 15 is 0 Å². The van der Waals surface area contributed by atoms with E-state index < -0.39 is 0 Å². The van der Waals surface area contributed by atoms with E-state index in [0.717, 1.165) is 51.1 Å². The van der Waals surface area contributed by atoms with E-state index in [1.165, 1.54) is 0 Å². The second-order valence-electron chi connectivity index (χ2n) is 8.58. The van der Waals surface area contributed by atoms with Gasteiger partial charge >= 0.3 is 0 Å². The Morgan fingerprint density at radius 2 is 1.85 bits per heavy atom. The Hall–Kier alpha value is -2.81. The van der Waals surface area contributed by atoms with Crippen LogP contribution in [0.15, 0.2) is 58.5 Å². The second kappa shape index (κ2) is 5.59. The molecule has 1 aliphatic heterocycles. The third-order valence-corrected chi connectivity index (χ3v) is 5.78. The van der Waals surface area contributed by atoms with E-state index in [1.54, 1.807) is 0 Å². The molecule has 1 aromatic heterocycles. The fourth-order valence-electron chi connectivity index (χ4n) is 4.67. The van der Waals surface area contributed by atoms with Gasteiger partial charge < -0.3 is 9.73 Å². The summed E-state index contributed by atoms with van der Waals surface area (Å²) >= 11 is 0. The number of fused-ring (bicyclic) bond motifs is 4. The number of Topliss-reactive ketones (excluding diaryl/α,β-unsaturated/α-hetero) is 1. The molecular weight excluding hydrogens is 334 g/mol. The van der Waals surface area contributed by atoms with Crippen LogP contribution in [-0.2, 0) is 4.79 Å². The molecule has 5 rings (SSSR count). The molecule has 1 aliphatic carbocycles. The Morgan fingerprint density at radius 3 is 2.63 bits per heavy atom. The van der Waals surface area contributed by atoms with Gasteiger partial charge in [0.15, 0.2) is 5.78 Å². The zero-order chi connectivity index (χ0) is 18.8. The van der Waals surface area contributed by atoms with Gasteiger partial charge in [-0.1, -0.05) is 44.2 Å². The average molecular weight is 357 g/mol. The van der Waals surface area contributed by atoms with Crippen LogP contribution in [0.1, 0.15) is 49.8 Å². The first-order chi connectivity index (χ1) is 12.9. The molecule has 0 bridgehead atoms. The summed E-state index contributed by atoms with van der Waals surface area (Å²) in [6.45, 7) is 6.31. The highest BCUT2D eigenvalue weighted by molar-refractivity contribution is 6.28. The first kappa shape index (κ1) is 16.4. The first-order valence-corrected chi connectivity index (χ1v) is 9.54. The summed E-state index contributed by atoms with van der Waals surface area (Å²) in [6.07, 6.45) is 1.46. The Kier molecular flexibility index (Phi) is 3.39. The molecule has 0 fully saturated rings. The van der Waals surface area contributed by atoms with Crippen molar-refractivity contribution in [1.82, 2.24) is 0 Å². The van der Waals surface area contributed by atoms with Crippen molar-refractivity contribution in [2.75, 3.05) is 5.32 Å². The maximum Gasteiger partial charge on any atom is 0.164 e. The number of hydrogen-bond donors (Lipinski definition) is 1. The number of carbonyl (C=O) groups excluding carboxylic acids is 1. The van der Waals surface area contributed by atoms with Gasteiger partial charge in [0.2, 0.25) is 0 Å². The van der Waals surface area contributed by atoms with Gasteiger partial charge in [-0.25, -0.2) is 0 Å². The Bertz CT molecular complexity index is 1120. The van der Waals surface area contributed by atoms with Crippen molar-refractivity contribution in [3.05, 3.63) is 71.2 Å². The highest BCUT2D eigenvalue weighted by Crippen LogP contribution is 2.51. The minimum atomic E-state index is -0.0918. The molecule has 3 nitrogen and oxygen atoms in total.